The molecule has 3 N–H and O–H groups in total. The van der Waals surface area contributed by atoms with Crippen molar-refractivity contribution in [1.82, 2.24) is 10.2 Å². The van der Waals surface area contributed by atoms with Crippen LogP contribution in [0.1, 0.15) is 39.0 Å². The summed E-state index contributed by atoms with van der Waals surface area (Å²) in [5.41, 5.74) is 5.32. The van der Waals surface area contributed by atoms with Gasteiger partial charge in [0.2, 0.25) is 5.91 Å². The van der Waals surface area contributed by atoms with Gasteiger partial charge in [-0.25, -0.2) is 0 Å². The summed E-state index contributed by atoms with van der Waals surface area (Å²) in [4.78, 5) is 13.7. The van der Waals surface area contributed by atoms with Gasteiger partial charge >= 0.3 is 0 Å². The fourth-order valence-corrected chi connectivity index (χ4v) is 2.38. The molecule has 1 fully saturated rings. The zero-order chi connectivity index (χ0) is 11.8. The molecule has 1 atom stereocenters. The molecule has 1 rings (SSSR count). The van der Waals surface area contributed by atoms with Crippen molar-refractivity contribution in [3.05, 3.63) is 0 Å². The van der Waals surface area contributed by atoms with Gasteiger partial charge in [0.15, 0.2) is 0 Å². The number of rotatable bonds is 6. The first-order chi connectivity index (χ1) is 7.77. The van der Waals surface area contributed by atoms with E-state index >= 15 is 0 Å². The van der Waals surface area contributed by atoms with Gasteiger partial charge in [-0.15, -0.1) is 12.4 Å². The second kappa shape index (κ2) is 9.68. The second-order valence-corrected chi connectivity index (χ2v) is 4.48. The summed E-state index contributed by atoms with van der Waals surface area (Å²) in [6.45, 7) is 5.61. The molecule has 4 nitrogen and oxygen atoms in total. The van der Waals surface area contributed by atoms with E-state index in [-0.39, 0.29) is 18.3 Å². The summed E-state index contributed by atoms with van der Waals surface area (Å²) >= 11 is 0. The predicted octanol–water partition coefficient (Wildman–Crippen LogP) is 1.14. The average molecular weight is 264 g/mol. The molecule has 0 aromatic carbocycles. The van der Waals surface area contributed by atoms with E-state index in [0.717, 1.165) is 19.1 Å². The highest BCUT2D eigenvalue weighted by atomic mass is 35.5. The minimum atomic E-state index is 0. The summed E-state index contributed by atoms with van der Waals surface area (Å²) in [7, 11) is 0. The summed E-state index contributed by atoms with van der Waals surface area (Å²) in [5, 5.41) is 2.91. The number of carbonyl (C=O) groups excluding carboxylic acids is 1. The van der Waals surface area contributed by atoms with Crippen molar-refractivity contribution in [2.24, 2.45) is 5.73 Å². The van der Waals surface area contributed by atoms with Gasteiger partial charge in [-0.1, -0.05) is 13.3 Å². The molecular formula is C12H26ClN3O. The lowest BCUT2D eigenvalue weighted by Crippen LogP contribution is -2.43. The molecule has 1 unspecified atom stereocenters. The zero-order valence-electron chi connectivity index (χ0n) is 10.8. The quantitative estimate of drug-likeness (QED) is 0.756. The molecule has 0 bridgehead atoms. The number of amides is 1. The number of piperidine rings is 1. The molecule has 0 aliphatic carbocycles. The van der Waals surface area contributed by atoms with Crippen molar-refractivity contribution in [1.29, 1.82) is 0 Å². The highest BCUT2D eigenvalue weighted by Gasteiger charge is 2.19. The normalized spacial score (nSPS) is 20.7. The number of nitrogens with one attached hydrogen (secondary N) is 1. The smallest absolute Gasteiger partial charge is 0.221 e. The number of hydrogen-bond donors (Lipinski definition) is 2. The Morgan fingerprint density at radius 2 is 2.24 bits per heavy atom. The van der Waals surface area contributed by atoms with Crippen molar-refractivity contribution in [2.45, 2.75) is 45.1 Å². The van der Waals surface area contributed by atoms with Crippen LogP contribution in [0.5, 0.6) is 0 Å². The molecule has 0 radical (unpaired) electrons. The van der Waals surface area contributed by atoms with Gasteiger partial charge in [-0.05, 0) is 25.8 Å². The lowest BCUT2D eigenvalue weighted by atomic mass is 10.0. The Morgan fingerprint density at radius 1 is 1.47 bits per heavy atom. The van der Waals surface area contributed by atoms with E-state index in [9.17, 15) is 4.79 Å². The highest BCUT2D eigenvalue weighted by molar-refractivity contribution is 5.85. The number of carbonyl (C=O) groups is 1. The van der Waals surface area contributed by atoms with Crippen molar-refractivity contribution >= 4 is 18.3 Å². The molecule has 0 aromatic heterocycles. The second-order valence-electron chi connectivity index (χ2n) is 4.48. The molecule has 0 aromatic rings. The molecule has 17 heavy (non-hydrogen) atoms. The van der Waals surface area contributed by atoms with E-state index in [0.29, 0.717) is 13.0 Å². The standard InChI is InChI=1S/C12H25N3O.ClH/c1-2-11-5-3-4-9-15(11)10-8-14-12(16)6-7-13;/h11H,2-10,13H2,1H3,(H,14,16);1H. The van der Waals surface area contributed by atoms with Crippen LogP contribution >= 0.6 is 12.4 Å². The zero-order valence-corrected chi connectivity index (χ0v) is 11.6. The van der Waals surface area contributed by atoms with E-state index in [2.05, 4.69) is 17.1 Å². The molecule has 0 saturated carbocycles. The Bertz CT molecular complexity index is 214. The lowest BCUT2D eigenvalue weighted by molar-refractivity contribution is -0.120. The van der Waals surface area contributed by atoms with Crippen LogP contribution < -0.4 is 11.1 Å². The number of nitrogens with zero attached hydrogens (tertiary/aromatic N) is 1. The van der Waals surface area contributed by atoms with Gasteiger partial charge in [0.1, 0.15) is 0 Å². The minimum absolute atomic E-state index is 0. The SMILES string of the molecule is CCC1CCCCN1CCNC(=O)CCN.Cl. The molecular weight excluding hydrogens is 238 g/mol. The van der Waals surface area contributed by atoms with Crippen molar-refractivity contribution in [3.8, 4) is 0 Å². The van der Waals surface area contributed by atoms with Crippen molar-refractivity contribution < 1.29 is 4.79 Å². The summed E-state index contributed by atoms with van der Waals surface area (Å²) in [6.07, 6.45) is 5.63. The van der Waals surface area contributed by atoms with Gasteiger partial charge in [0, 0.05) is 32.1 Å². The molecule has 1 amide bonds. The number of nitrogens with two attached hydrogens (primary N) is 1. The van der Waals surface area contributed by atoms with Crippen LogP contribution in [0.4, 0.5) is 0 Å². The Kier molecular flexibility index (Phi) is 9.50. The van der Waals surface area contributed by atoms with Gasteiger partial charge in [0.05, 0.1) is 0 Å². The molecule has 1 aliphatic heterocycles. The van der Waals surface area contributed by atoms with Crippen LogP contribution in [-0.2, 0) is 4.79 Å². The maximum atomic E-state index is 11.2. The van der Waals surface area contributed by atoms with Gasteiger partial charge < -0.3 is 11.1 Å². The summed E-state index contributed by atoms with van der Waals surface area (Å²) in [6, 6.07) is 0.722. The summed E-state index contributed by atoms with van der Waals surface area (Å²) < 4.78 is 0. The first-order valence-electron chi connectivity index (χ1n) is 6.48. The van der Waals surface area contributed by atoms with Crippen LogP contribution in [0.3, 0.4) is 0 Å². The van der Waals surface area contributed by atoms with Crippen LogP contribution in [0.15, 0.2) is 0 Å². The number of likely N-dealkylation sites (tertiary alicyclic amines) is 1. The van der Waals surface area contributed by atoms with E-state index in [1.807, 2.05) is 0 Å². The minimum Gasteiger partial charge on any atom is -0.355 e. The third-order valence-electron chi connectivity index (χ3n) is 3.31. The monoisotopic (exact) mass is 263 g/mol. The maximum absolute atomic E-state index is 11.2. The Balaban J connectivity index is 0.00000256. The highest BCUT2D eigenvalue weighted by Crippen LogP contribution is 2.18. The van der Waals surface area contributed by atoms with Crippen LogP contribution in [0, 0.1) is 0 Å². The Morgan fingerprint density at radius 3 is 2.88 bits per heavy atom. The van der Waals surface area contributed by atoms with E-state index in [4.69, 9.17) is 5.73 Å². The molecule has 5 heteroatoms. The van der Waals surface area contributed by atoms with Gasteiger partial charge in [-0.2, -0.15) is 0 Å². The van der Waals surface area contributed by atoms with E-state index in [1.54, 1.807) is 0 Å². The lowest BCUT2D eigenvalue weighted by Gasteiger charge is -2.35. The first-order valence-corrected chi connectivity index (χ1v) is 6.48. The molecule has 0 spiro atoms. The molecule has 102 valence electrons. The van der Waals surface area contributed by atoms with Crippen molar-refractivity contribution in [2.75, 3.05) is 26.2 Å². The third-order valence-corrected chi connectivity index (χ3v) is 3.31. The first kappa shape index (κ1) is 16.7. The molecule has 1 aliphatic rings. The largest absolute Gasteiger partial charge is 0.355 e. The molecule has 1 saturated heterocycles. The maximum Gasteiger partial charge on any atom is 0.221 e. The van der Waals surface area contributed by atoms with Gasteiger partial charge in [0.25, 0.3) is 0 Å². The fourth-order valence-electron chi connectivity index (χ4n) is 2.38. The van der Waals surface area contributed by atoms with E-state index < -0.39 is 0 Å². The fraction of sp³-hybridized carbons (Fsp3) is 0.917. The summed E-state index contributed by atoms with van der Waals surface area (Å²) in [5.74, 6) is 0.0764. The average Bonchev–Trinajstić information content (AvgIpc) is 2.30. The number of halogens is 1. The van der Waals surface area contributed by atoms with E-state index in [1.165, 1.54) is 32.2 Å². The van der Waals surface area contributed by atoms with Crippen LogP contribution in [0.2, 0.25) is 0 Å². The van der Waals surface area contributed by atoms with Gasteiger partial charge in [-0.3, -0.25) is 9.69 Å². The third kappa shape index (κ3) is 6.24. The van der Waals surface area contributed by atoms with Crippen molar-refractivity contribution in [3.63, 3.8) is 0 Å². The predicted molar refractivity (Wildman–Crippen MR) is 73.4 cm³/mol. The number of hydrogen-bond acceptors (Lipinski definition) is 3. The Labute approximate surface area is 111 Å². The van der Waals surface area contributed by atoms with Crippen LogP contribution in [-0.4, -0.2) is 43.0 Å². The Hall–Kier alpha value is -0.320. The molecule has 1 heterocycles. The van der Waals surface area contributed by atoms with Crippen LogP contribution in [0.25, 0.3) is 0 Å². The topological polar surface area (TPSA) is 58.4 Å².